The van der Waals surface area contributed by atoms with Crippen LogP contribution in [0, 0.1) is 11.8 Å². The Kier molecular flexibility index (Phi) is 8.57. The molecule has 0 bridgehead atoms. The van der Waals surface area contributed by atoms with E-state index in [9.17, 15) is 9.36 Å². The Hall–Kier alpha value is -1.69. The lowest BCUT2D eigenvalue weighted by Gasteiger charge is -2.44. The van der Waals surface area contributed by atoms with Crippen molar-refractivity contribution in [2.24, 2.45) is 11.8 Å². The maximum absolute atomic E-state index is 14.1. The van der Waals surface area contributed by atoms with Crippen LogP contribution in [0.3, 0.4) is 0 Å². The fourth-order valence-electron chi connectivity index (χ4n) is 5.71. The first-order valence-corrected chi connectivity index (χ1v) is 15.1. The first-order valence-electron chi connectivity index (χ1n) is 13.2. The van der Waals surface area contributed by atoms with Crippen LogP contribution >= 0.6 is 19.2 Å². The van der Waals surface area contributed by atoms with Gasteiger partial charge in [0.25, 0.3) is 5.34 Å². The average Bonchev–Trinajstić information content (AvgIpc) is 3.63. The lowest BCUT2D eigenvalue weighted by Crippen LogP contribution is -2.45. The van der Waals surface area contributed by atoms with Gasteiger partial charge in [0.1, 0.15) is 12.2 Å². The lowest BCUT2D eigenvalue weighted by molar-refractivity contribution is -0.160. The zero-order valence-corrected chi connectivity index (χ0v) is 24.0. The molecule has 0 radical (unpaired) electrons. The highest BCUT2D eigenvalue weighted by Gasteiger charge is 2.78. The predicted octanol–water partition coefficient (Wildman–Crippen LogP) is 7.70. The van der Waals surface area contributed by atoms with Crippen LogP contribution in [0.4, 0.5) is 0 Å². The minimum absolute atomic E-state index is 0.0819. The SMILES string of the molecule is CCOP(=O)(OCC)[C@]1(C(=O)O[C@@H]2C[C@H](C)CC[C@H]2C(C)(C)c2ccccc2)O[C@H]1c1ccc(Cl)cc1. The molecule has 1 heterocycles. The fourth-order valence-corrected chi connectivity index (χ4v) is 7.92. The van der Waals surface area contributed by atoms with Gasteiger partial charge in [-0.15, -0.1) is 0 Å². The molecule has 0 amide bonds. The van der Waals surface area contributed by atoms with Crippen LogP contribution in [-0.4, -0.2) is 30.6 Å². The van der Waals surface area contributed by atoms with E-state index in [0.29, 0.717) is 16.5 Å². The predicted molar refractivity (Wildman–Crippen MR) is 145 cm³/mol. The summed E-state index contributed by atoms with van der Waals surface area (Å²) in [6.07, 6.45) is 1.52. The molecule has 37 heavy (non-hydrogen) atoms. The summed E-state index contributed by atoms with van der Waals surface area (Å²) in [6.45, 7) is 10.2. The highest BCUT2D eigenvalue weighted by atomic mass is 35.5. The van der Waals surface area contributed by atoms with Gasteiger partial charge in [0.15, 0.2) is 0 Å². The zero-order valence-electron chi connectivity index (χ0n) is 22.3. The number of carbonyl (C=O) groups excluding carboxylic acids is 1. The quantitative estimate of drug-likeness (QED) is 0.172. The van der Waals surface area contributed by atoms with Crippen molar-refractivity contribution in [3.05, 3.63) is 70.7 Å². The summed E-state index contributed by atoms with van der Waals surface area (Å²) in [5.41, 5.74) is 1.63. The molecule has 2 aromatic carbocycles. The van der Waals surface area contributed by atoms with Crippen LogP contribution in [0.1, 0.15) is 71.1 Å². The van der Waals surface area contributed by atoms with Crippen LogP contribution in [0.5, 0.6) is 0 Å². The number of hydrogen-bond acceptors (Lipinski definition) is 6. The molecule has 1 aliphatic heterocycles. The molecule has 2 aromatic rings. The van der Waals surface area contributed by atoms with Crippen LogP contribution in [0.25, 0.3) is 0 Å². The third kappa shape index (κ3) is 5.42. The first-order chi connectivity index (χ1) is 17.6. The largest absolute Gasteiger partial charge is 0.459 e. The highest BCUT2D eigenvalue weighted by Crippen LogP contribution is 2.75. The Morgan fingerprint density at radius 2 is 1.68 bits per heavy atom. The molecule has 4 rings (SSSR count). The van der Waals surface area contributed by atoms with E-state index in [1.165, 1.54) is 5.56 Å². The van der Waals surface area contributed by atoms with Gasteiger partial charge < -0.3 is 18.5 Å². The minimum atomic E-state index is -4.03. The van der Waals surface area contributed by atoms with Gasteiger partial charge in [-0.25, -0.2) is 4.79 Å². The first kappa shape index (κ1) is 28.3. The molecule has 6 nitrogen and oxygen atoms in total. The van der Waals surface area contributed by atoms with E-state index in [1.807, 2.05) is 18.2 Å². The molecule has 0 unspecified atom stereocenters. The summed E-state index contributed by atoms with van der Waals surface area (Å²) in [4.78, 5) is 14.1. The Balaban J connectivity index is 1.68. The zero-order chi connectivity index (χ0) is 26.8. The van der Waals surface area contributed by atoms with Crippen LogP contribution in [0.15, 0.2) is 54.6 Å². The lowest BCUT2D eigenvalue weighted by atomic mass is 9.64. The second kappa shape index (κ2) is 11.2. The van der Waals surface area contributed by atoms with Gasteiger partial charge in [0.05, 0.1) is 13.2 Å². The van der Waals surface area contributed by atoms with E-state index < -0.39 is 25.0 Å². The molecule has 1 aliphatic carbocycles. The fraction of sp³-hybridized carbons (Fsp3) is 0.552. The van der Waals surface area contributed by atoms with E-state index in [-0.39, 0.29) is 30.7 Å². The summed E-state index contributed by atoms with van der Waals surface area (Å²) >= 11 is 6.07. The van der Waals surface area contributed by atoms with Crippen molar-refractivity contribution in [3.8, 4) is 0 Å². The second-order valence-corrected chi connectivity index (χ2v) is 13.2. The summed E-state index contributed by atoms with van der Waals surface area (Å²) < 4.78 is 37.7. The number of benzene rings is 2. The van der Waals surface area contributed by atoms with Gasteiger partial charge in [0, 0.05) is 10.9 Å². The molecule has 0 spiro atoms. The second-order valence-electron chi connectivity index (χ2n) is 10.6. The molecule has 0 N–H and O–H groups in total. The van der Waals surface area contributed by atoms with E-state index in [1.54, 1.807) is 38.1 Å². The summed E-state index contributed by atoms with van der Waals surface area (Å²) in [7, 11) is -4.03. The van der Waals surface area contributed by atoms with E-state index in [4.69, 9.17) is 30.1 Å². The highest BCUT2D eigenvalue weighted by molar-refractivity contribution is 7.57. The van der Waals surface area contributed by atoms with Gasteiger partial charge in [-0.3, -0.25) is 4.57 Å². The summed E-state index contributed by atoms with van der Waals surface area (Å²) in [5, 5.41) is -1.30. The third-order valence-corrected chi connectivity index (χ3v) is 10.6. The average molecular weight is 549 g/mol. The van der Waals surface area contributed by atoms with Crippen molar-refractivity contribution in [3.63, 3.8) is 0 Å². The third-order valence-electron chi connectivity index (χ3n) is 7.82. The molecule has 1 saturated carbocycles. The minimum Gasteiger partial charge on any atom is -0.459 e. The number of hydrogen-bond donors (Lipinski definition) is 0. The maximum Gasteiger partial charge on any atom is 0.377 e. The van der Waals surface area contributed by atoms with E-state index in [0.717, 1.165) is 19.3 Å². The van der Waals surface area contributed by atoms with Gasteiger partial charge >= 0.3 is 13.6 Å². The number of halogens is 1. The van der Waals surface area contributed by atoms with E-state index >= 15 is 0 Å². The smallest absolute Gasteiger partial charge is 0.377 e. The Bertz CT molecular complexity index is 1110. The van der Waals surface area contributed by atoms with Gasteiger partial charge in [0.2, 0.25) is 0 Å². The summed E-state index contributed by atoms with van der Waals surface area (Å²) in [6, 6.07) is 17.3. The van der Waals surface area contributed by atoms with Crippen LogP contribution < -0.4 is 0 Å². The number of ether oxygens (including phenoxy) is 2. The monoisotopic (exact) mass is 548 g/mol. The number of epoxide rings is 1. The van der Waals surface area contributed by atoms with Gasteiger partial charge in [-0.05, 0) is 61.3 Å². The Labute approximate surface area is 225 Å². The Morgan fingerprint density at radius 1 is 1.05 bits per heavy atom. The number of carbonyl (C=O) groups is 1. The van der Waals surface area contributed by atoms with Crippen molar-refractivity contribution in [2.45, 2.75) is 76.8 Å². The van der Waals surface area contributed by atoms with Crippen molar-refractivity contribution < 1.29 is 27.9 Å². The topological polar surface area (TPSA) is 74.4 Å². The van der Waals surface area contributed by atoms with Crippen LogP contribution in [0.2, 0.25) is 5.02 Å². The maximum atomic E-state index is 14.1. The molecule has 2 fully saturated rings. The molecule has 5 atom stereocenters. The standard InChI is InChI=1S/C29H38ClO6P/c1-6-33-37(32,34-7-2)29(26(36-29)21-14-16-23(30)17-15-21)27(31)35-25-19-20(3)13-18-24(25)28(4,5)22-11-9-8-10-12-22/h8-12,14-17,20,24-26H,6-7,13,18-19H2,1-5H3/t20-,24-,25-,26+,29-/m1/s1. The van der Waals surface area contributed by atoms with Crippen LogP contribution in [-0.2, 0) is 33.3 Å². The van der Waals surface area contributed by atoms with Crippen molar-refractivity contribution in [2.75, 3.05) is 13.2 Å². The molecule has 202 valence electrons. The van der Waals surface area contributed by atoms with Crippen molar-refractivity contribution in [1.82, 2.24) is 0 Å². The van der Waals surface area contributed by atoms with Gasteiger partial charge in [-0.2, -0.15) is 0 Å². The van der Waals surface area contributed by atoms with E-state index in [2.05, 4.69) is 32.9 Å². The molecule has 2 aliphatic rings. The van der Waals surface area contributed by atoms with Crippen molar-refractivity contribution in [1.29, 1.82) is 0 Å². The van der Waals surface area contributed by atoms with Gasteiger partial charge in [-0.1, -0.05) is 81.3 Å². The number of rotatable bonds is 10. The van der Waals surface area contributed by atoms with Crippen molar-refractivity contribution >= 4 is 25.2 Å². The molecule has 0 aromatic heterocycles. The number of esters is 1. The summed E-state index contributed by atoms with van der Waals surface area (Å²) in [5.74, 6) is -0.210. The molecule has 1 saturated heterocycles. The molecule has 8 heteroatoms. The molecular formula is C29H38ClO6P. The Morgan fingerprint density at radius 3 is 2.27 bits per heavy atom. The normalized spacial score (nSPS) is 28.1. The molecular weight excluding hydrogens is 511 g/mol.